The highest BCUT2D eigenvalue weighted by Crippen LogP contribution is 2.27. The highest BCUT2D eigenvalue weighted by molar-refractivity contribution is 5.91. The molecule has 2 atom stereocenters. The molecule has 0 aliphatic heterocycles. The lowest BCUT2D eigenvalue weighted by Crippen LogP contribution is -2.37. The lowest BCUT2D eigenvalue weighted by atomic mass is 9.80. The number of carbonyl (C=O) groups excluding carboxylic acids is 1. The SMILES string of the molecule is C=C(C(N)=O)C1CCCCC1N. The fourth-order valence-corrected chi connectivity index (χ4v) is 1.77. The maximum atomic E-state index is 10.8. The number of rotatable bonds is 2. The second-order valence-corrected chi connectivity index (χ2v) is 3.44. The molecule has 0 spiro atoms. The van der Waals surface area contributed by atoms with Crippen molar-refractivity contribution < 1.29 is 4.79 Å². The van der Waals surface area contributed by atoms with Crippen molar-refractivity contribution in [1.29, 1.82) is 0 Å². The van der Waals surface area contributed by atoms with Gasteiger partial charge in [-0.1, -0.05) is 19.4 Å². The van der Waals surface area contributed by atoms with Gasteiger partial charge in [-0.15, -0.1) is 0 Å². The first-order valence-electron chi connectivity index (χ1n) is 4.37. The smallest absolute Gasteiger partial charge is 0.244 e. The minimum atomic E-state index is -0.405. The van der Waals surface area contributed by atoms with Gasteiger partial charge in [-0.3, -0.25) is 4.79 Å². The zero-order valence-electron chi connectivity index (χ0n) is 7.25. The Kier molecular flexibility index (Phi) is 2.87. The summed E-state index contributed by atoms with van der Waals surface area (Å²) in [6.07, 6.45) is 4.23. The summed E-state index contributed by atoms with van der Waals surface area (Å²) in [5.74, 6) is -0.284. The van der Waals surface area contributed by atoms with Crippen LogP contribution in [0, 0.1) is 5.92 Å². The van der Waals surface area contributed by atoms with Crippen LogP contribution >= 0.6 is 0 Å². The molecule has 1 saturated carbocycles. The van der Waals surface area contributed by atoms with E-state index in [0.29, 0.717) is 5.57 Å². The van der Waals surface area contributed by atoms with Gasteiger partial charge in [-0.05, 0) is 12.8 Å². The zero-order chi connectivity index (χ0) is 9.14. The molecule has 1 amide bonds. The predicted molar refractivity (Wildman–Crippen MR) is 48.3 cm³/mol. The Bertz CT molecular complexity index is 201. The standard InChI is InChI=1S/C9H16N2O/c1-6(9(11)12)7-4-2-3-5-8(7)10/h7-8H,1-5,10H2,(H2,11,12). The summed E-state index contributed by atoms with van der Waals surface area (Å²) >= 11 is 0. The molecule has 0 radical (unpaired) electrons. The molecular weight excluding hydrogens is 152 g/mol. The first-order valence-corrected chi connectivity index (χ1v) is 4.37. The van der Waals surface area contributed by atoms with Crippen LogP contribution in [0.1, 0.15) is 25.7 Å². The first-order chi connectivity index (χ1) is 5.63. The number of amides is 1. The summed E-state index contributed by atoms with van der Waals surface area (Å²) in [5, 5.41) is 0. The van der Waals surface area contributed by atoms with Crippen molar-refractivity contribution in [2.75, 3.05) is 0 Å². The lowest BCUT2D eigenvalue weighted by molar-refractivity contribution is -0.115. The number of carbonyl (C=O) groups is 1. The number of nitrogens with two attached hydrogens (primary N) is 2. The maximum absolute atomic E-state index is 10.8. The van der Waals surface area contributed by atoms with Gasteiger partial charge >= 0.3 is 0 Å². The van der Waals surface area contributed by atoms with Gasteiger partial charge in [0.15, 0.2) is 0 Å². The average molecular weight is 168 g/mol. The van der Waals surface area contributed by atoms with E-state index in [1.807, 2.05) is 0 Å². The molecule has 4 N–H and O–H groups in total. The summed E-state index contributed by atoms with van der Waals surface area (Å²) < 4.78 is 0. The minimum Gasteiger partial charge on any atom is -0.366 e. The Morgan fingerprint density at radius 2 is 1.92 bits per heavy atom. The Balaban J connectivity index is 2.59. The van der Waals surface area contributed by atoms with Gasteiger partial charge in [-0.2, -0.15) is 0 Å². The third-order valence-electron chi connectivity index (χ3n) is 2.58. The van der Waals surface area contributed by atoms with E-state index < -0.39 is 5.91 Å². The van der Waals surface area contributed by atoms with Gasteiger partial charge in [0.1, 0.15) is 0 Å². The first kappa shape index (κ1) is 9.26. The molecule has 1 rings (SSSR count). The van der Waals surface area contributed by atoms with Crippen molar-refractivity contribution in [3.63, 3.8) is 0 Å². The Hall–Kier alpha value is -0.830. The highest BCUT2D eigenvalue weighted by atomic mass is 16.1. The molecule has 0 heterocycles. The molecule has 68 valence electrons. The van der Waals surface area contributed by atoms with Crippen LogP contribution in [0.5, 0.6) is 0 Å². The summed E-state index contributed by atoms with van der Waals surface area (Å²) in [5.41, 5.74) is 11.5. The summed E-state index contributed by atoms with van der Waals surface area (Å²) in [6, 6.07) is 0.0822. The van der Waals surface area contributed by atoms with Gasteiger partial charge in [0, 0.05) is 17.5 Å². The zero-order valence-corrected chi connectivity index (χ0v) is 7.25. The minimum absolute atomic E-state index is 0.0822. The summed E-state index contributed by atoms with van der Waals surface area (Å²) in [6.45, 7) is 3.67. The Morgan fingerprint density at radius 1 is 1.33 bits per heavy atom. The molecule has 1 aliphatic rings. The van der Waals surface area contributed by atoms with E-state index in [-0.39, 0.29) is 12.0 Å². The van der Waals surface area contributed by atoms with E-state index in [0.717, 1.165) is 25.7 Å². The van der Waals surface area contributed by atoms with E-state index in [9.17, 15) is 4.79 Å². The van der Waals surface area contributed by atoms with Crippen LogP contribution < -0.4 is 11.5 Å². The van der Waals surface area contributed by atoms with Gasteiger partial charge < -0.3 is 11.5 Å². The lowest BCUT2D eigenvalue weighted by Gasteiger charge is -2.28. The number of hydrogen-bond acceptors (Lipinski definition) is 2. The van der Waals surface area contributed by atoms with Gasteiger partial charge in [-0.25, -0.2) is 0 Å². The van der Waals surface area contributed by atoms with Crippen molar-refractivity contribution in [1.82, 2.24) is 0 Å². The number of hydrogen-bond donors (Lipinski definition) is 2. The highest BCUT2D eigenvalue weighted by Gasteiger charge is 2.26. The molecule has 0 saturated heterocycles. The van der Waals surface area contributed by atoms with Crippen molar-refractivity contribution in [3.05, 3.63) is 12.2 Å². The van der Waals surface area contributed by atoms with Crippen LogP contribution in [0.4, 0.5) is 0 Å². The molecule has 1 aliphatic carbocycles. The molecular formula is C9H16N2O. The summed E-state index contributed by atoms with van der Waals surface area (Å²) in [7, 11) is 0. The molecule has 3 nitrogen and oxygen atoms in total. The monoisotopic (exact) mass is 168 g/mol. The Morgan fingerprint density at radius 3 is 2.42 bits per heavy atom. The summed E-state index contributed by atoms with van der Waals surface area (Å²) in [4.78, 5) is 10.8. The van der Waals surface area contributed by atoms with Gasteiger partial charge in [0.05, 0.1) is 0 Å². The fraction of sp³-hybridized carbons (Fsp3) is 0.667. The van der Waals surface area contributed by atoms with Gasteiger partial charge in [0.25, 0.3) is 0 Å². The topological polar surface area (TPSA) is 69.1 Å². The molecule has 2 unspecified atom stereocenters. The van der Waals surface area contributed by atoms with Gasteiger partial charge in [0.2, 0.25) is 5.91 Å². The third-order valence-corrected chi connectivity index (χ3v) is 2.58. The predicted octanol–water partition coefficient (Wildman–Crippen LogP) is 0.545. The molecule has 0 aromatic heterocycles. The van der Waals surface area contributed by atoms with E-state index >= 15 is 0 Å². The maximum Gasteiger partial charge on any atom is 0.244 e. The van der Waals surface area contributed by atoms with Crippen LogP contribution in [0.2, 0.25) is 0 Å². The second-order valence-electron chi connectivity index (χ2n) is 3.44. The molecule has 0 aromatic carbocycles. The van der Waals surface area contributed by atoms with E-state index in [1.165, 1.54) is 0 Å². The van der Waals surface area contributed by atoms with Crippen molar-refractivity contribution in [2.24, 2.45) is 17.4 Å². The number of primary amides is 1. The van der Waals surface area contributed by atoms with E-state index in [2.05, 4.69) is 6.58 Å². The fourth-order valence-electron chi connectivity index (χ4n) is 1.77. The van der Waals surface area contributed by atoms with E-state index in [1.54, 1.807) is 0 Å². The normalized spacial score (nSPS) is 29.8. The molecule has 0 bridgehead atoms. The second kappa shape index (κ2) is 3.72. The molecule has 0 aromatic rings. The van der Waals surface area contributed by atoms with Crippen LogP contribution in [-0.4, -0.2) is 11.9 Å². The molecule has 12 heavy (non-hydrogen) atoms. The Labute approximate surface area is 72.8 Å². The van der Waals surface area contributed by atoms with Crippen molar-refractivity contribution in [2.45, 2.75) is 31.7 Å². The van der Waals surface area contributed by atoms with Crippen LogP contribution in [-0.2, 0) is 4.79 Å². The van der Waals surface area contributed by atoms with E-state index in [4.69, 9.17) is 11.5 Å². The quantitative estimate of drug-likeness (QED) is 0.591. The molecule has 1 fully saturated rings. The third kappa shape index (κ3) is 1.85. The van der Waals surface area contributed by atoms with Crippen molar-refractivity contribution in [3.8, 4) is 0 Å². The van der Waals surface area contributed by atoms with Crippen molar-refractivity contribution >= 4 is 5.91 Å². The van der Waals surface area contributed by atoms with Crippen LogP contribution in [0.25, 0.3) is 0 Å². The van der Waals surface area contributed by atoms with Crippen LogP contribution in [0.3, 0.4) is 0 Å². The molecule has 3 heteroatoms. The largest absolute Gasteiger partial charge is 0.366 e. The average Bonchev–Trinajstić information content (AvgIpc) is 2.04. The van der Waals surface area contributed by atoms with Crippen LogP contribution in [0.15, 0.2) is 12.2 Å².